The second kappa shape index (κ2) is 7.75. The molecule has 0 bridgehead atoms. The number of nitrogens with one attached hydrogen (secondary N) is 1. The first-order chi connectivity index (χ1) is 12.1. The van der Waals surface area contributed by atoms with Gasteiger partial charge in [-0.3, -0.25) is 19.6 Å². The van der Waals surface area contributed by atoms with Crippen molar-refractivity contribution in [1.29, 1.82) is 0 Å². The van der Waals surface area contributed by atoms with Crippen molar-refractivity contribution in [1.82, 2.24) is 9.78 Å². The molecule has 1 amide bonds. The summed E-state index contributed by atoms with van der Waals surface area (Å²) in [5.74, 6) is -0.169. The first-order valence-corrected chi connectivity index (χ1v) is 8.01. The molecule has 1 aromatic carbocycles. The first kappa shape index (κ1) is 16.9. The summed E-state index contributed by atoms with van der Waals surface area (Å²) >= 11 is 0. The summed E-state index contributed by atoms with van der Waals surface area (Å²) in [7, 11) is 0. The zero-order valence-corrected chi connectivity index (χ0v) is 13.6. The van der Waals surface area contributed by atoms with E-state index >= 15 is 0 Å². The maximum absolute atomic E-state index is 12.0. The van der Waals surface area contributed by atoms with Crippen LogP contribution in [0, 0.1) is 10.1 Å². The molecule has 9 heteroatoms. The second-order valence-electron chi connectivity index (χ2n) is 5.66. The molecule has 25 heavy (non-hydrogen) atoms. The fraction of sp³-hybridized carbons (Fsp3) is 0.375. The first-order valence-electron chi connectivity index (χ1n) is 8.01. The van der Waals surface area contributed by atoms with Crippen LogP contribution in [0.1, 0.15) is 6.42 Å². The Morgan fingerprint density at radius 3 is 2.64 bits per heavy atom. The predicted octanol–water partition coefficient (Wildman–Crippen LogP) is 1.66. The molecular formula is C16H19N5O4. The molecule has 0 radical (unpaired) electrons. The van der Waals surface area contributed by atoms with Crippen LogP contribution in [0.3, 0.4) is 0 Å². The lowest BCUT2D eigenvalue weighted by Gasteiger charge is -2.28. The molecule has 132 valence electrons. The third-order valence-corrected chi connectivity index (χ3v) is 3.93. The van der Waals surface area contributed by atoms with Gasteiger partial charge in [0.25, 0.3) is 0 Å². The largest absolute Gasteiger partial charge is 0.378 e. The van der Waals surface area contributed by atoms with Crippen molar-refractivity contribution in [3.05, 3.63) is 46.8 Å². The lowest BCUT2D eigenvalue weighted by Crippen LogP contribution is -2.36. The summed E-state index contributed by atoms with van der Waals surface area (Å²) in [6.45, 7) is 3.46. The summed E-state index contributed by atoms with van der Waals surface area (Å²) in [5, 5.41) is 17.3. The number of nitro groups is 1. The summed E-state index contributed by atoms with van der Waals surface area (Å²) in [5.41, 5.74) is 1.73. The molecule has 2 heterocycles. The highest BCUT2D eigenvalue weighted by atomic mass is 16.6. The number of hydrogen-bond donors (Lipinski definition) is 1. The zero-order chi connectivity index (χ0) is 17.6. The van der Waals surface area contributed by atoms with E-state index in [0.717, 1.165) is 32.0 Å². The Labute approximate surface area is 144 Å². The summed E-state index contributed by atoms with van der Waals surface area (Å²) in [6, 6.07) is 7.67. The Bertz CT molecular complexity index is 737. The Balaban J connectivity index is 1.49. The van der Waals surface area contributed by atoms with Crippen LogP contribution < -0.4 is 10.2 Å². The molecule has 9 nitrogen and oxygen atoms in total. The summed E-state index contributed by atoms with van der Waals surface area (Å²) in [4.78, 5) is 24.3. The minimum Gasteiger partial charge on any atom is -0.378 e. The van der Waals surface area contributed by atoms with Gasteiger partial charge < -0.3 is 15.0 Å². The van der Waals surface area contributed by atoms with Gasteiger partial charge in [0.1, 0.15) is 12.4 Å². The van der Waals surface area contributed by atoms with Crippen LogP contribution in [0.15, 0.2) is 36.7 Å². The third kappa shape index (κ3) is 4.54. The number of ether oxygens (including phenoxy) is 1. The van der Waals surface area contributed by atoms with Gasteiger partial charge in [-0.1, -0.05) is 0 Å². The number of benzene rings is 1. The lowest BCUT2D eigenvalue weighted by molar-refractivity contribution is -0.385. The normalized spacial score (nSPS) is 14.3. The number of amides is 1. The van der Waals surface area contributed by atoms with Crippen molar-refractivity contribution in [2.45, 2.75) is 13.0 Å². The molecule has 0 saturated carbocycles. The SMILES string of the molecule is O=C(CCn1cc([N+](=O)[O-])cn1)Nc1ccc(N2CCOCC2)cc1. The number of hydrogen-bond acceptors (Lipinski definition) is 6. The third-order valence-electron chi connectivity index (χ3n) is 3.93. The quantitative estimate of drug-likeness (QED) is 0.631. The van der Waals surface area contributed by atoms with Gasteiger partial charge >= 0.3 is 5.69 Å². The van der Waals surface area contributed by atoms with E-state index in [1.54, 1.807) is 0 Å². The van der Waals surface area contributed by atoms with E-state index in [0.29, 0.717) is 5.69 Å². The molecule has 1 aliphatic heterocycles. The van der Waals surface area contributed by atoms with Crippen molar-refractivity contribution in [2.24, 2.45) is 0 Å². The van der Waals surface area contributed by atoms with Crippen molar-refractivity contribution >= 4 is 23.0 Å². The van der Waals surface area contributed by atoms with Crippen LogP contribution in [0.4, 0.5) is 17.1 Å². The average Bonchev–Trinajstić information content (AvgIpc) is 3.11. The Morgan fingerprint density at radius 1 is 1.28 bits per heavy atom. The zero-order valence-electron chi connectivity index (χ0n) is 13.6. The number of aromatic nitrogens is 2. The second-order valence-corrected chi connectivity index (χ2v) is 5.66. The summed E-state index contributed by atoms with van der Waals surface area (Å²) < 4.78 is 6.72. The topological polar surface area (TPSA) is 103 Å². The van der Waals surface area contributed by atoms with E-state index in [9.17, 15) is 14.9 Å². The predicted molar refractivity (Wildman–Crippen MR) is 91.6 cm³/mol. The highest BCUT2D eigenvalue weighted by molar-refractivity contribution is 5.90. The van der Waals surface area contributed by atoms with Gasteiger partial charge in [0, 0.05) is 37.4 Å². The maximum atomic E-state index is 12.0. The van der Waals surface area contributed by atoms with Crippen LogP contribution >= 0.6 is 0 Å². The van der Waals surface area contributed by atoms with Gasteiger partial charge in [0.2, 0.25) is 5.91 Å². The van der Waals surface area contributed by atoms with Crippen LogP contribution in [0.5, 0.6) is 0 Å². The van der Waals surface area contributed by atoms with E-state index in [-0.39, 0.29) is 24.6 Å². The summed E-state index contributed by atoms with van der Waals surface area (Å²) in [6.07, 6.45) is 2.66. The number of morpholine rings is 1. The van der Waals surface area contributed by atoms with Crippen LogP contribution in [-0.2, 0) is 16.1 Å². The lowest BCUT2D eigenvalue weighted by atomic mass is 10.2. The van der Waals surface area contributed by atoms with Crippen LogP contribution in [0.25, 0.3) is 0 Å². The number of carbonyl (C=O) groups excluding carboxylic acids is 1. The van der Waals surface area contributed by atoms with Crippen molar-refractivity contribution in [3.63, 3.8) is 0 Å². The monoisotopic (exact) mass is 345 g/mol. The number of anilines is 2. The Morgan fingerprint density at radius 2 is 2.00 bits per heavy atom. The van der Waals surface area contributed by atoms with E-state index < -0.39 is 4.92 Å². The molecule has 1 fully saturated rings. The number of carbonyl (C=O) groups is 1. The highest BCUT2D eigenvalue weighted by Gasteiger charge is 2.12. The highest BCUT2D eigenvalue weighted by Crippen LogP contribution is 2.19. The van der Waals surface area contributed by atoms with Gasteiger partial charge in [-0.2, -0.15) is 5.10 Å². The van der Waals surface area contributed by atoms with E-state index in [4.69, 9.17) is 4.74 Å². The van der Waals surface area contributed by atoms with Gasteiger partial charge in [0.05, 0.1) is 18.1 Å². The van der Waals surface area contributed by atoms with Crippen molar-refractivity contribution in [2.75, 3.05) is 36.5 Å². The van der Waals surface area contributed by atoms with Crippen LogP contribution in [0.2, 0.25) is 0 Å². The molecule has 0 aliphatic carbocycles. The molecule has 3 rings (SSSR count). The molecule has 0 unspecified atom stereocenters. The number of aryl methyl sites for hydroxylation is 1. The maximum Gasteiger partial charge on any atom is 0.306 e. The fourth-order valence-electron chi connectivity index (χ4n) is 2.59. The molecule has 0 spiro atoms. The van der Waals surface area contributed by atoms with Gasteiger partial charge in [-0.05, 0) is 24.3 Å². The average molecular weight is 345 g/mol. The van der Waals surface area contributed by atoms with E-state index in [1.807, 2.05) is 24.3 Å². The van der Waals surface area contributed by atoms with Crippen LogP contribution in [-0.4, -0.2) is 46.9 Å². The van der Waals surface area contributed by atoms with Gasteiger partial charge in [-0.25, -0.2) is 0 Å². The smallest absolute Gasteiger partial charge is 0.306 e. The van der Waals surface area contributed by atoms with Gasteiger partial charge in [-0.15, -0.1) is 0 Å². The molecule has 0 atom stereocenters. The Hall–Kier alpha value is -2.94. The minimum absolute atomic E-state index is 0.0842. The van der Waals surface area contributed by atoms with Crippen molar-refractivity contribution < 1.29 is 14.5 Å². The molecular weight excluding hydrogens is 326 g/mol. The van der Waals surface area contributed by atoms with Gasteiger partial charge in [0.15, 0.2) is 0 Å². The number of rotatable bonds is 6. The standard InChI is InChI=1S/C16H19N5O4/c22-16(5-6-20-12-15(11-17-20)21(23)24)18-13-1-3-14(4-2-13)19-7-9-25-10-8-19/h1-4,11-12H,5-10H2,(H,18,22). The number of nitrogens with zero attached hydrogens (tertiary/aromatic N) is 4. The molecule has 1 aromatic heterocycles. The van der Waals surface area contributed by atoms with Crippen molar-refractivity contribution in [3.8, 4) is 0 Å². The fourth-order valence-corrected chi connectivity index (χ4v) is 2.59. The molecule has 1 aliphatic rings. The van der Waals surface area contributed by atoms with E-state index in [2.05, 4.69) is 15.3 Å². The minimum atomic E-state index is -0.514. The molecule has 1 N–H and O–H groups in total. The van der Waals surface area contributed by atoms with E-state index in [1.165, 1.54) is 17.1 Å². The Kier molecular flexibility index (Phi) is 5.24. The molecule has 1 saturated heterocycles. The molecule has 2 aromatic rings.